The van der Waals surface area contributed by atoms with Crippen LogP contribution in [0.2, 0.25) is 0 Å². The monoisotopic (exact) mass is 267 g/mol. The lowest BCUT2D eigenvalue weighted by molar-refractivity contribution is 0.501. The number of hydrogen-bond donors (Lipinski definition) is 1. The van der Waals surface area contributed by atoms with E-state index in [0.29, 0.717) is 6.04 Å². The molecular weight excluding hydrogens is 242 g/mol. The Labute approximate surface area is 122 Å². The van der Waals surface area contributed by atoms with Gasteiger partial charge in [0.05, 0.1) is 0 Å². The van der Waals surface area contributed by atoms with E-state index >= 15 is 0 Å². The minimum Gasteiger partial charge on any atom is -0.310 e. The van der Waals surface area contributed by atoms with Crippen LogP contribution in [0.3, 0.4) is 0 Å². The average molecular weight is 267 g/mol. The van der Waals surface area contributed by atoms with E-state index < -0.39 is 0 Å². The number of allylic oxidation sites excluding steroid dienone is 1. The van der Waals surface area contributed by atoms with Crippen molar-refractivity contribution in [2.24, 2.45) is 0 Å². The van der Waals surface area contributed by atoms with Crippen LogP contribution >= 0.6 is 0 Å². The normalized spacial score (nSPS) is 12.5. The van der Waals surface area contributed by atoms with Gasteiger partial charge in [0.2, 0.25) is 0 Å². The molecule has 0 aliphatic rings. The Balaban J connectivity index is 2.31. The lowest BCUT2D eigenvalue weighted by atomic mass is 9.94. The molecule has 2 aromatic carbocycles. The molecule has 20 heavy (non-hydrogen) atoms. The van der Waals surface area contributed by atoms with Crippen LogP contribution in [0.5, 0.6) is 0 Å². The molecule has 2 aromatic rings. The Morgan fingerprint density at radius 2 is 1.90 bits per heavy atom. The zero-order chi connectivity index (χ0) is 14.4. The molecule has 0 fully saturated rings. The van der Waals surface area contributed by atoms with E-state index in [1.54, 1.807) is 0 Å². The fourth-order valence-electron chi connectivity index (χ4n) is 2.63. The van der Waals surface area contributed by atoms with E-state index in [-0.39, 0.29) is 0 Å². The van der Waals surface area contributed by atoms with Gasteiger partial charge in [-0.1, -0.05) is 55.0 Å². The predicted octanol–water partition coefficient (Wildman–Crippen LogP) is 5.24. The second-order valence-electron chi connectivity index (χ2n) is 5.57. The molecule has 0 saturated heterocycles. The third-order valence-corrected chi connectivity index (χ3v) is 3.70. The minimum atomic E-state index is 0.415. The van der Waals surface area contributed by atoms with Crippen molar-refractivity contribution in [3.8, 4) is 0 Å². The fraction of sp³-hybridized carbons (Fsp3) is 0.368. The van der Waals surface area contributed by atoms with Crippen LogP contribution in [0.15, 0.2) is 54.6 Å². The Morgan fingerprint density at radius 3 is 2.65 bits per heavy atom. The van der Waals surface area contributed by atoms with Gasteiger partial charge in [0.15, 0.2) is 0 Å². The van der Waals surface area contributed by atoms with E-state index in [2.05, 4.69) is 68.2 Å². The van der Waals surface area contributed by atoms with Crippen LogP contribution in [0, 0.1) is 0 Å². The zero-order valence-corrected chi connectivity index (χ0v) is 12.7. The molecule has 1 atom stereocenters. The number of nitrogens with one attached hydrogen (secondary N) is 1. The average Bonchev–Trinajstić information content (AvgIpc) is 2.47. The molecule has 0 amide bonds. The van der Waals surface area contributed by atoms with Crippen LogP contribution in [0.25, 0.3) is 10.8 Å². The van der Waals surface area contributed by atoms with E-state index in [0.717, 1.165) is 25.8 Å². The Bertz CT molecular complexity index is 565. The quantitative estimate of drug-likeness (QED) is 0.677. The highest BCUT2D eigenvalue weighted by atomic mass is 14.9. The van der Waals surface area contributed by atoms with Crippen molar-refractivity contribution in [1.82, 2.24) is 5.32 Å². The van der Waals surface area contributed by atoms with Gasteiger partial charge in [0.1, 0.15) is 0 Å². The lowest BCUT2D eigenvalue weighted by Crippen LogP contribution is -2.22. The SMILES string of the molecule is C=C(C)CCC(NCCC)c1cccc2ccccc12. The summed E-state index contributed by atoms with van der Waals surface area (Å²) in [6.45, 7) is 9.42. The van der Waals surface area contributed by atoms with Gasteiger partial charge >= 0.3 is 0 Å². The highest BCUT2D eigenvalue weighted by Crippen LogP contribution is 2.28. The molecule has 1 heteroatoms. The molecule has 0 spiro atoms. The summed E-state index contributed by atoms with van der Waals surface area (Å²) in [5.41, 5.74) is 2.67. The number of benzene rings is 2. The summed E-state index contributed by atoms with van der Waals surface area (Å²) in [7, 11) is 0. The topological polar surface area (TPSA) is 12.0 Å². The first-order valence-electron chi connectivity index (χ1n) is 7.57. The summed E-state index contributed by atoms with van der Waals surface area (Å²) in [4.78, 5) is 0. The van der Waals surface area contributed by atoms with Crippen LogP contribution in [-0.2, 0) is 0 Å². The van der Waals surface area contributed by atoms with Gasteiger partial charge < -0.3 is 5.32 Å². The summed E-state index contributed by atoms with van der Waals surface area (Å²) >= 11 is 0. The van der Waals surface area contributed by atoms with Crippen molar-refractivity contribution >= 4 is 10.8 Å². The largest absolute Gasteiger partial charge is 0.310 e. The van der Waals surface area contributed by atoms with Crippen molar-refractivity contribution in [3.63, 3.8) is 0 Å². The van der Waals surface area contributed by atoms with Crippen LogP contribution in [0.4, 0.5) is 0 Å². The molecule has 0 bridgehead atoms. The van der Waals surface area contributed by atoms with E-state index in [9.17, 15) is 0 Å². The zero-order valence-electron chi connectivity index (χ0n) is 12.7. The van der Waals surface area contributed by atoms with Crippen molar-refractivity contribution in [3.05, 3.63) is 60.2 Å². The standard InChI is InChI=1S/C19H25N/c1-4-14-20-19(13-12-15(2)3)18-11-7-9-16-8-5-6-10-17(16)18/h5-11,19-20H,2,4,12-14H2,1,3H3. The Kier molecular flexibility index (Phi) is 5.37. The van der Waals surface area contributed by atoms with Crippen LogP contribution in [-0.4, -0.2) is 6.54 Å². The lowest BCUT2D eigenvalue weighted by Gasteiger charge is -2.21. The summed E-state index contributed by atoms with van der Waals surface area (Å²) in [5, 5.41) is 6.38. The molecule has 0 aliphatic carbocycles. The molecule has 106 valence electrons. The second kappa shape index (κ2) is 7.25. The smallest absolute Gasteiger partial charge is 0.0329 e. The molecule has 2 rings (SSSR count). The Hall–Kier alpha value is -1.60. The molecule has 0 aromatic heterocycles. The van der Waals surface area contributed by atoms with E-state index in [1.807, 2.05) is 0 Å². The van der Waals surface area contributed by atoms with Gasteiger partial charge in [-0.25, -0.2) is 0 Å². The van der Waals surface area contributed by atoms with Crippen molar-refractivity contribution in [1.29, 1.82) is 0 Å². The summed E-state index contributed by atoms with van der Waals surface area (Å²) in [6, 6.07) is 15.7. The fourth-order valence-corrected chi connectivity index (χ4v) is 2.63. The summed E-state index contributed by atoms with van der Waals surface area (Å²) in [6.07, 6.45) is 3.35. The Morgan fingerprint density at radius 1 is 1.15 bits per heavy atom. The highest BCUT2D eigenvalue weighted by Gasteiger charge is 2.13. The molecule has 0 aliphatic heterocycles. The van der Waals surface area contributed by atoms with Crippen molar-refractivity contribution in [2.45, 2.75) is 39.2 Å². The molecule has 1 unspecified atom stereocenters. The first-order valence-corrected chi connectivity index (χ1v) is 7.57. The van der Waals surface area contributed by atoms with Crippen molar-refractivity contribution < 1.29 is 0 Å². The van der Waals surface area contributed by atoms with Crippen molar-refractivity contribution in [2.75, 3.05) is 6.54 Å². The first kappa shape index (κ1) is 14.8. The summed E-state index contributed by atoms with van der Waals surface area (Å²) < 4.78 is 0. The molecule has 0 heterocycles. The highest BCUT2D eigenvalue weighted by molar-refractivity contribution is 5.86. The summed E-state index contributed by atoms with van der Waals surface area (Å²) in [5.74, 6) is 0. The maximum Gasteiger partial charge on any atom is 0.0329 e. The van der Waals surface area contributed by atoms with Gasteiger partial charge in [-0.15, -0.1) is 6.58 Å². The van der Waals surface area contributed by atoms with Crippen LogP contribution < -0.4 is 5.32 Å². The van der Waals surface area contributed by atoms with Gasteiger partial charge in [-0.2, -0.15) is 0 Å². The van der Waals surface area contributed by atoms with E-state index in [1.165, 1.54) is 21.9 Å². The number of hydrogen-bond acceptors (Lipinski definition) is 1. The number of fused-ring (bicyclic) bond motifs is 1. The van der Waals surface area contributed by atoms with Gasteiger partial charge in [0.25, 0.3) is 0 Å². The molecule has 0 radical (unpaired) electrons. The third-order valence-electron chi connectivity index (χ3n) is 3.70. The van der Waals surface area contributed by atoms with E-state index in [4.69, 9.17) is 0 Å². The molecule has 1 nitrogen and oxygen atoms in total. The third kappa shape index (κ3) is 3.71. The second-order valence-corrected chi connectivity index (χ2v) is 5.57. The molecule has 1 N–H and O–H groups in total. The maximum atomic E-state index is 4.04. The minimum absolute atomic E-state index is 0.415. The molecule has 0 saturated carbocycles. The number of rotatable bonds is 7. The van der Waals surface area contributed by atoms with Gasteiger partial charge in [-0.05, 0) is 49.1 Å². The van der Waals surface area contributed by atoms with Gasteiger partial charge in [0, 0.05) is 6.04 Å². The molecular formula is C19H25N. The maximum absolute atomic E-state index is 4.04. The van der Waals surface area contributed by atoms with Gasteiger partial charge in [-0.3, -0.25) is 0 Å². The first-order chi connectivity index (χ1) is 9.72. The predicted molar refractivity (Wildman–Crippen MR) is 89.0 cm³/mol. The van der Waals surface area contributed by atoms with Crippen LogP contribution in [0.1, 0.15) is 44.7 Å².